The number of aryl methyl sites for hydroxylation is 1. The van der Waals surface area contributed by atoms with Gasteiger partial charge in [-0.3, -0.25) is 4.79 Å². The highest BCUT2D eigenvalue weighted by Gasteiger charge is 2.01. The van der Waals surface area contributed by atoms with E-state index in [1.54, 1.807) is 24.5 Å². The van der Waals surface area contributed by atoms with Crippen molar-refractivity contribution in [1.29, 1.82) is 0 Å². The van der Waals surface area contributed by atoms with E-state index in [2.05, 4.69) is 10.3 Å². The van der Waals surface area contributed by atoms with E-state index in [-0.39, 0.29) is 5.91 Å². The predicted molar refractivity (Wildman–Crippen MR) is 96.2 cm³/mol. The lowest BCUT2D eigenvalue weighted by Crippen LogP contribution is -2.22. The number of carbonyl (C=O) groups excluding carboxylic acids is 1. The number of carbonyl (C=O) groups is 1. The predicted octanol–water partition coefficient (Wildman–Crippen LogP) is 3.20. The van der Waals surface area contributed by atoms with Gasteiger partial charge < -0.3 is 14.8 Å². The highest BCUT2D eigenvalue weighted by atomic mass is 32.1. The summed E-state index contributed by atoms with van der Waals surface area (Å²) in [4.78, 5) is 16.1. The molecule has 0 bridgehead atoms. The lowest BCUT2D eigenvalue weighted by molar-refractivity contribution is -0.116. The first-order valence-electron chi connectivity index (χ1n) is 7.76. The summed E-state index contributed by atoms with van der Waals surface area (Å²) in [5.74, 6) is 0.638. The summed E-state index contributed by atoms with van der Waals surface area (Å²) < 4.78 is 10.7. The molecule has 0 aliphatic carbocycles. The van der Waals surface area contributed by atoms with Crippen molar-refractivity contribution in [3.8, 4) is 5.75 Å². The quantitative estimate of drug-likeness (QED) is 0.559. The van der Waals surface area contributed by atoms with Crippen LogP contribution in [0, 0.1) is 6.92 Å². The largest absolute Gasteiger partial charge is 0.487 e. The number of methoxy groups -OCH3 is 1. The van der Waals surface area contributed by atoms with Crippen LogP contribution in [-0.4, -0.2) is 31.2 Å². The number of benzene rings is 1. The SMILES string of the molecule is COCCCNC(=O)/C=C/c1cccc(OCc2csc(C)n2)c1. The summed E-state index contributed by atoms with van der Waals surface area (Å²) in [6.45, 7) is 3.66. The van der Waals surface area contributed by atoms with Gasteiger partial charge in [0.15, 0.2) is 0 Å². The van der Waals surface area contributed by atoms with Gasteiger partial charge >= 0.3 is 0 Å². The monoisotopic (exact) mass is 346 g/mol. The fraction of sp³-hybridized carbons (Fsp3) is 0.333. The lowest BCUT2D eigenvalue weighted by Gasteiger charge is -2.05. The molecule has 2 rings (SSSR count). The van der Waals surface area contributed by atoms with Crippen LogP contribution in [0.5, 0.6) is 5.75 Å². The van der Waals surface area contributed by atoms with Crippen molar-refractivity contribution >= 4 is 23.3 Å². The van der Waals surface area contributed by atoms with Gasteiger partial charge in [-0.05, 0) is 37.1 Å². The molecule has 1 aromatic carbocycles. The number of ether oxygens (including phenoxy) is 2. The normalized spacial score (nSPS) is 10.9. The molecule has 24 heavy (non-hydrogen) atoms. The van der Waals surface area contributed by atoms with E-state index in [0.717, 1.165) is 28.4 Å². The zero-order chi connectivity index (χ0) is 17.2. The van der Waals surface area contributed by atoms with Crippen molar-refractivity contribution in [2.24, 2.45) is 0 Å². The van der Waals surface area contributed by atoms with E-state index in [1.165, 1.54) is 6.08 Å². The Labute approximate surface area is 146 Å². The fourth-order valence-electron chi connectivity index (χ4n) is 2.00. The Hall–Kier alpha value is -2.18. The zero-order valence-electron chi connectivity index (χ0n) is 14.0. The topological polar surface area (TPSA) is 60.5 Å². The van der Waals surface area contributed by atoms with Crippen LogP contribution in [0.1, 0.15) is 22.7 Å². The van der Waals surface area contributed by atoms with Crippen LogP contribution < -0.4 is 10.1 Å². The van der Waals surface area contributed by atoms with Gasteiger partial charge in [0.05, 0.1) is 10.7 Å². The molecule has 0 saturated carbocycles. The molecule has 0 aliphatic rings. The Morgan fingerprint density at radius 2 is 2.29 bits per heavy atom. The first-order valence-corrected chi connectivity index (χ1v) is 8.64. The van der Waals surface area contributed by atoms with Gasteiger partial charge in [-0.15, -0.1) is 11.3 Å². The molecule has 1 aromatic heterocycles. The maximum Gasteiger partial charge on any atom is 0.244 e. The average Bonchev–Trinajstić information content (AvgIpc) is 3.01. The van der Waals surface area contributed by atoms with Crippen LogP contribution >= 0.6 is 11.3 Å². The van der Waals surface area contributed by atoms with Crippen LogP contribution in [0.25, 0.3) is 6.08 Å². The number of nitrogens with one attached hydrogen (secondary N) is 1. The van der Waals surface area contributed by atoms with Crippen molar-refractivity contribution in [3.05, 3.63) is 52.0 Å². The molecule has 1 amide bonds. The van der Waals surface area contributed by atoms with Crippen LogP contribution in [0.2, 0.25) is 0 Å². The number of hydrogen-bond donors (Lipinski definition) is 1. The lowest BCUT2D eigenvalue weighted by atomic mass is 10.2. The van der Waals surface area contributed by atoms with Gasteiger partial charge in [0.1, 0.15) is 12.4 Å². The molecule has 6 heteroatoms. The summed E-state index contributed by atoms with van der Waals surface area (Å²) in [6, 6.07) is 7.61. The Kier molecular flexibility index (Phi) is 7.45. The van der Waals surface area contributed by atoms with Crippen molar-refractivity contribution in [2.45, 2.75) is 20.0 Å². The molecule has 1 heterocycles. The second-order valence-corrected chi connectivity index (χ2v) is 6.25. The minimum Gasteiger partial charge on any atom is -0.487 e. The smallest absolute Gasteiger partial charge is 0.244 e. The number of hydrogen-bond acceptors (Lipinski definition) is 5. The van der Waals surface area contributed by atoms with Gasteiger partial charge in [0.25, 0.3) is 0 Å². The third-order valence-corrected chi connectivity index (χ3v) is 3.99. The molecular formula is C18H22N2O3S. The third kappa shape index (κ3) is 6.52. The van der Waals surface area contributed by atoms with Gasteiger partial charge in [0.2, 0.25) is 5.91 Å². The molecule has 2 aromatic rings. The van der Waals surface area contributed by atoms with Crippen LogP contribution in [0.3, 0.4) is 0 Å². The molecule has 0 unspecified atom stereocenters. The molecule has 0 radical (unpaired) electrons. The Balaban J connectivity index is 1.83. The molecule has 0 aliphatic heterocycles. The summed E-state index contributed by atoms with van der Waals surface area (Å²) in [6.07, 6.45) is 4.09. The molecule has 0 spiro atoms. The van der Waals surface area contributed by atoms with E-state index in [4.69, 9.17) is 9.47 Å². The van der Waals surface area contributed by atoms with E-state index in [9.17, 15) is 4.79 Å². The summed E-state index contributed by atoms with van der Waals surface area (Å²) in [7, 11) is 1.65. The number of nitrogens with zero attached hydrogens (tertiary/aromatic N) is 1. The molecule has 0 atom stereocenters. The van der Waals surface area contributed by atoms with Crippen molar-refractivity contribution in [3.63, 3.8) is 0 Å². The van der Waals surface area contributed by atoms with Crippen molar-refractivity contribution < 1.29 is 14.3 Å². The Morgan fingerprint density at radius 3 is 3.04 bits per heavy atom. The highest BCUT2D eigenvalue weighted by Crippen LogP contribution is 2.17. The third-order valence-electron chi connectivity index (χ3n) is 3.16. The van der Waals surface area contributed by atoms with Crippen LogP contribution in [0.15, 0.2) is 35.7 Å². The van der Waals surface area contributed by atoms with Gasteiger partial charge in [0, 0.05) is 31.7 Å². The van der Waals surface area contributed by atoms with E-state index >= 15 is 0 Å². The summed E-state index contributed by atoms with van der Waals surface area (Å²) >= 11 is 1.61. The zero-order valence-corrected chi connectivity index (χ0v) is 14.8. The molecule has 1 N–H and O–H groups in total. The molecule has 0 fully saturated rings. The molecule has 5 nitrogen and oxygen atoms in total. The number of rotatable bonds is 9. The maximum absolute atomic E-state index is 11.7. The standard InChI is InChI=1S/C18H22N2O3S/c1-14-20-16(13-24-14)12-23-17-6-3-5-15(11-17)7-8-18(21)19-9-4-10-22-2/h3,5-8,11,13H,4,9-10,12H2,1-2H3,(H,19,21)/b8-7+. The second-order valence-electron chi connectivity index (χ2n) is 5.19. The van der Waals surface area contributed by atoms with E-state index in [0.29, 0.717) is 19.8 Å². The molecule has 128 valence electrons. The first kappa shape index (κ1) is 18.2. The highest BCUT2D eigenvalue weighted by molar-refractivity contribution is 7.09. The Bertz CT molecular complexity index is 682. The fourth-order valence-corrected chi connectivity index (χ4v) is 2.60. The molecule has 0 saturated heterocycles. The Morgan fingerprint density at radius 1 is 1.42 bits per heavy atom. The van der Waals surface area contributed by atoms with Gasteiger partial charge in [-0.2, -0.15) is 0 Å². The first-order chi connectivity index (χ1) is 11.7. The second kappa shape index (κ2) is 9.85. The maximum atomic E-state index is 11.7. The van der Waals surface area contributed by atoms with Crippen LogP contribution in [0.4, 0.5) is 0 Å². The molecular weight excluding hydrogens is 324 g/mol. The van der Waals surface area contributed by atoms with Gasteiger partial charge in [-0.25, -0.2) is 4.98 Å². The minimum atomic E-state index is -0.115. The number of aromatic nitrogens is 1. The number of thiazole rings is 1. The van der Waals surface area contributed by atoms with E-state index in [1.807, 2.05) is 36.6 Å². The average molecular weight is 346 g/mol. The van der Waals surface area contributed by atoms with Gasteiger partial charge in [-0.1, -0.05) is 12.1 Å². The summed E-state index contributed by atoms with van der Waals surface area (Å²) in [5, 5.41) is 5.83. The van der Waals surface area contributed by atoms with E-state index < -0.39 is 0 Å². The van der Waals surface area contributed by atoms with Crippen molar-refractivity contribution in [1.82, 2.24) is 10.3 Å². The van der Waals surface area contributed by atoms with Crippen molar-refractivity contribution in [2.75, 3.05) is 20.3 Å². The number of amides is 1. The minimum absolute atomic E-state index is 0.115. The summed E-state index contributed by atoms with van der Waals surface area (Å²) in [5.41, 5.74) is 1.84. The van der Waals surface area contributed by atoms with Crippen LogP contribution in [-0.2, 0) is 16.1 Å².